The van der Waals surface area contributed by atoms with E-state index in [0.717, 1.165) is 0 Å². The number of phenolic OH excluding ortho intramolecular Hbond substituents is 2. The lowest BCUT2D eigenvalue weighted by Gasteiger charge is -2.03. The Balaban J connectivity index is 2.28. The van der Waals surface area contributed by atoms with Crippen LogP contribution >= 0.6 is 0 Å². The zero-order chi connectivity index (χ0) is 16.6. The van der Waals surface area contributed by atoms with E-state index in [2.05, 4.69) is 4.74 Å². The van der Waals surface area contributed by atoms with Crippen LogP contribution in [0.15, 0.2) is 46.9 Å². The largest absolute Gasteiger partial charge is 0.508 e. The zero-order valence-corrected chi connectivity index (χ0v) is 12.1. The van der Waals surface area contributed by atoms with E-state index < -0.39 is 5.97 Å². The highest BCUT2D eigenvalue weighted by Crippen LogP contribution is 2.38. The van der Waals surface area contributed by atoms with E-state index in [1.807, 2.05) is 0 Å². The molecule has 0 fully saturated rings. The molecule has 23 heavy (non-hydrogen) atoms. The lowest BCUT2D eigenvalue weighted by molar-refractivity contribution is 0.0603. The predicted molar refractivity (Wildman–Crippen MR) is 82.4 cm³/mol. The second-order valence-electron chi connectivity index (χ2n) is 4.87. The van der Waals surface area contributed by atoms with E-state index >= 15 is 0 Å². The van der Waals surface area contributed by atoms with Crippen molar-refractivity contribution in [1.29, 1.82) is 0 Å². The molecule has 0 spiro atoms. The highest BCUT2D eigenvalue weighted by atomic mass is 16.5. The number of ether oxygens (including phenoxy) is 1. The fraction of sp³-hybridized carbons (Fsp3) is 0.0588. The van der Waals surface area contributed by atoms with Gasteiger partial charge >= 0.3 is 17.3 Å². The van der Waals surface area contributed by atoms with Crippen LogP contribution in [0, 0.1) is 0 Å². The Labute approximate surface area is 130 Å². The summed E-state index contributed by atoms with van der Waals surface area (Å²) in [5, 5.41) is 29.8. The molecule has 0 radical (unpaired) electrons. The molecule has 1 aromatic heterocycles. The number of benzene rings is 2. The van der Waals surface area contributed by atoms with Crippen molar-refractivity contribution in [2.24, 2.45) is 0 Å². The predicted octanol–water partition coefficient (Wildman–Crippen LogP) is 3.28. The van der Waals surface area contributed by atoms with Crippen LogP contribution in [0.2, 0.25) is 0 Å². The Morgan fingerprint density at radius 3 is 2.35 bits per heavy atom. The molecular formula is C17H13O6+. The standard InChI is InChI=1S/C17H12O6/c1-22-17(21)11-6-7-13(19)16-12(11)8-14(20)15(23-16)9-2-4-10(18)5-3-9/h2-8H,1H3,(H2-,18,19,20,21)/p+1. The molecule has 0 aliphatic carbocycles. The van der Waals surface area contributed by atoms with Gasteiger partial charge in [0.25, 0.3) is 0 Å². The summed E-state index contributed by atoms with van der Waals surface area (Å²) in [4.78, 5) is 11.8. The first-order chi connectivity index (χ1) is 11.0. The summed E-state index contributed by atoms with van der Waals surface area (Å²) in [7, 11) is 1.24. The maximum atomic E-state index is 11.8. The first-order valence-electron chi connectivity index (χ1n) is 6.70. The van der Waals surface area contributed by atoms with Crippen LogP contribution in [0.1, 0.15) is 10.4 Å². The molecule has 3 aromatic rings. The Hall–Kier alpha value is -3.28. The molecular weight excluding hydrogens is 300 g/mol. The average molecular weight is 313 g/mol. The van der Waals surface area contributed by atoms with Crippen molar-refractivity contribution < 1.29 is 29.3 Å². The summed E-state index contributed by atoms with van der Waals surface area (Å²) in [6, 6.07) is 10.0. The average Bonchev–Trinajstić information content (AvgIpc) is 2.55. The van der Waals surface area contributed by atoms with E-state index in [0.29, 0.717) is 5.56 Å². The first-order valence-corrected chi connectivity index (χ1v) is 6.70. The maximum Gasteiger partial charge on any atom is 0.403 e. The van der Waals surface area contributed by atoms with E-state index in [1.165, 1.54) is 37.4 Å². The van der Waals surface area contributed by atoms with Gasteiger partial charge in [-0.15, -0.1) is 0 Å². The lowest BCUT2D eigenvalue weighted by Crippen LogP contribution is -2.02. The molecule has 0 bridgehead atoms. The van der Waals surface area contributed by atoms with E-state index in [9.17, 15) is 20.1 Å². The normalized spacial score (nSPS) is 10.7. The third kappa shape index (κ3) is 2.50. The van der Waals surface area contributed by atoms with E-state index in [-0.39, 0.29) is 39.5 Å². The number of hydrogen-bond acceptors (Lipinski definition) is 5. The van der Waals surface area contributed by atoms with Gasteiger partial charge in [0.15, 0.2) is 0 Å². The van der Waals surface area contributed by atoms with Crippen LogP contribution < -0.4 is 0 Å². The van der Waals surface area contributed by atoms with Crippen molar-refractivity contribution in [3.8, 4) is 28.6 Å². The van der Waals surface area contributed by atoms with Crippen LogP contribution in [-0.2, 0) is 4.74 Å². The number of carbonyl (C=O) groups is 1. The quantitative estimate of drug-likeness (QED) is 0.496. The molecule has 0 aliphatic rings. The van der Waals surface area contributed by atoms with Crippen molar-refractivity contribution in [3.63, 3.8) is 0 Å². The summed E-state index contributed by atoms with van der Waals surface area (Å²) in [6.45, 7) is 0. The van der Waals surface area contributed by atoms with Crippen molar-refractivity contribution in [1.82, 2.24) is 0 Å². The molecule has 3 rings (SSSR count). The fourth-order valence-electron chi connectivity index (χ4n) is 2.30. The second kappa shape index (κ2) is 5.49. The third-order valence-corrected chi connectivity index (χ3v) is 3.43. The monoisotopic (exact) mass is 313 g/mol. The molecule has 1 heterocycles. The molecule has 0 saturated heterocycles. The summed E-state index contributed by atoms with van der Waals surface area (Å²) in [5.41, 5.74) is 0.718. The number of aromatic hydroxyl groups is 3. The van der Waals surface area contributed by atoms with Crippen LogP contribution in [0.4, 0.5) is 0 Å². The third-order valence-electron chi connectivity index (χ3n) is 3.43. The zero-order valence-electron chi connectivity index (χ0n) is 12.1. The van der Waals surface area contributed by atoms with Gasteiger partial charge in [-0.2, -0.15) is 4.42 Å². The molecule has 2 aromatic carbocycles. The Morgan fingerprint density at radius 2 is 1.70 bits per heavy atom. The van der Waals surface area contributed by atoms with E-state index in [4.69, 9.17) is 4.42 Å². The number of phenols is 2. The van der Waals surface area contributed by atoms with Gasteiger partial charge in [-0.3, -0.25) is 0 Å². The van der Waals surface area contributed by atoms with Crippen LogP contribution in [0.3, 0.4) is 0 Å². The Morgan fingerprint density at radius 1 is 1.00 bits per heavy atom. The van der Waals surface area contributed by atoms with Gasteiger partial charge < -0.3 is 20.1 Å². The minimum Gasteiger partial charge on any atom is -0.508 e. The maximum absolute atomic E-state index is 11.8. The number of esters is 1. The van der Waals surface area contributed by atoms with Gasteiger partial charge in [0.2, 0.25) is 11.5 Å². The number of rotatable bonds is 2. The summed E-state index contributed by atoms with van der Waals surface area (Å²) < 4.78 is 10.3. The highest BCUT2D eigenvalue weighted by Gasteiger charge is 2.27. The molecule has 0 atom stereocenters. The Kier molecular flexibility index (Phi) is 3.50. The van der Waals surface area contributed by atoms with Crippen LogP contribution in [0.25, 0.3) is 22.3 Å². The number of methoxy groups -OCH3 is 1. The fourth-order valence-corrected chi connectivity index (χ4v) is 2.30. The minimum absolute atomic E-state index is 0.0498. The molecule has 6 nitrogen and oxygen atoms in total. The molecule has 0 aliphatic heterocycles. The molecule has 0 amide bonds. The van der Waals surface area contributed by atoms with Crippen molar-refractivity contribution in [2.75, 3.05) is 7.11 Å². The summed E-state index contributed by atoms with van der Waals surface area (Å²) in [5.74, 6) is -0.812. The second-order valence-corrected chi connectivity index (χ2v) is 4.87. The van der Waals surface area contributed by atoms with Gasteiger partial charge in [0.1, 0.15) is 11.1 Å². The molecule has 3 N–H and O–H groups in total. The first kappa shape index (κ1) is 14.6. The van der Waals surface area contributed by atoms with E-state index in [1.54, 1.807) is 12.1 Å². The van der Waals surface area contributed by atoms with Crippen molar-refractivity contribution in [2.45, 2.75) is 0 Å². The molecule has 116 valence electrons. The van der Waals surface area contributed by atoms with Gasteiger partial charge in [-0.05, 0) is 36.4 Å². The van der Waals surface area contributed by atoms with Gasteiger partial charge in [-0.25, -0.2) is 4.79 Å². The minimum atomic E-state index is -0.609. The summed E-state index contributed by atoms with van der Waals surface area (Å²) in [6.07, 6.45) is 0. The van der Waals surface area contributed by atoms with Gasteiger partial charge in [0, 0.05) is 6.07 Å². The van der Waals surface area contributed by atoms with Crippen LogP contribution in [-0.4, -0.2) is 28.4 Å². The van der Waals surface area contributed by atoms with Crippen molar-refractivity contribution >= 4 is 16.9 Å². The highest BCUT2D eigenvalue weighted by molar-refractivity contribution is 6.05. The number of hydrogen-bond donors (Lipinski definition) is 3. The summed E-state index contributed by atoms with van der Waals surface area (Å²) >= 11 is 0. The lowest BCUT2D eigenvalue weighted by atomic mass is 10.1. The number of carbonyl (C=O) groups excluding carboxylic acids is 1. The Bertz CT molecular complexity index is 899. The van der Waals surface area contributed by atoms with Crippen LogP contribution in [0.5, 0.6) is 17.2 Å². The smallest absolute Gasteiger partial charge is 0.403 e. The SMILES string of the molecule is COC(=O)c1ccc(O)c2[o+]c(-c3ccc(O)cc3)c(O)cc12. The number of fused-ring (bicyclic) bond motifs is 1. The van der Waals surface area contributed by atoms with Gasteiger partial charge in [0.05, 0.1) is 18.2 Å². The van der Waals surface area contributed by atoms with Crippen molar-refractivity contribution in [3.05, 3.63) is 48.0 Å². The topological polar surface area (TPSA) is 98.3 Å². The molecule has 0 saturated carbocycles. The molecule has 0 unspecified atom stereocenters. The van der Waals surface area contributed by atoms with Gasteiger partial charge in [-0.1, -0.05) is 0 Å². The molecule has 6 heteroatoms.